The normalized spacial score (nSPS) is 13.8. The highest BCUT2D eigenvalue weighted by Crippen LogP contribution is 2.06. The van der Waals surface area contributed by atoms with Crippen LogP contribution in [0.15, 0.2) is 35.4 Å². The van der Waals surface area contributed by atoms with Crippen molar-refractivity contribution in [1.29, 1.82) is 0 Å². The maximum absolute atomic E-state index is 8.99. The molecule has 0 heterocycles. The quantitative estimate of drug-likeness (QED) is 0.441. The van der Waals surface area contributed by atoms with Gasteiger partial charge >= 0.3 is 0 Å². The Hall–Kier alpha value is -1.38. The van der Waals surface area contributed by atoms with Gasteiger partial charge in [0.05, 0.1) is 5.70 Å². The van der Waals surface area contributed by atoms with Crippen LogP contribution in [0.1, 0.15) is 13.8 Å². The van der Waals surface area contributed by atoms with E-state index in [2.05, 4.69) is 11.9 Å². The molecule has 3 nitrogen and oxygen atoms in total. The van der Waals surface area contributed by atoms with Gasteiger partial charge in [-0.2, -0.15) is 0 Å². The fourth-order valence-corrected chi connectivity index (χ4v) is 0.683. The summed E-state index contributed by atoms with van der Waals surface area (Å²) in [5.41, 5.74) is 7.73. The monoisotopic (exact) mass is 168 g/mol. The fourth-order valence-electron chi connectivity index (χ4n) is 0.683. The lowest BCUT2D eigenvalue weighted by Gasteiger charge is -2.05. The summed E-state index contributed by atoms with van der Waals surface area (Å²) < 4.78 is 0. The Labute approximate surface area is 73.3 Å². The maximum Gasteiger partial charge on any atom is 0.111 e. The van der Waals surface area contributed by atoms with Crippen LogP contribution in [-0.2, 0) is 0 Å². The molecule has 0 aliphatic heterocycles. The summed E-state index contributed by atoms with van der Waals surface area (Å²) in [6.07, 6.45) is 1.75. The first kappa shape index (κ1) is 10.6. The third-order valence-corrected chi connectivity index (χ3v) is 1.51. The van der Waals surface area contributed by atoms with Crippen molar-refractivity contribution in [1.82, 2.24) is 5.32 Å². The number of hydrogen-bond donors (Lipinski definition) is 3. The molecule has 0 bridgehead atoms. The smallest absolute Gasteiger partial charge is 0.111 e. The molecular weight excluding hydrogens is 152 g/mol. The predicted molar refractivity (Wildman–Crippen MR) is 51.5 cm³/mol. The average Bonchev–Trinajstić information content (AvgIpc) is 1.98. The highest BCUT2D eigenvalue weighted by Gasteiger charge is 1.96. The molecule has 12 heavy (non-hydrogen) atoms. The molecule has 0 aromatic carbocycles. The molecule has 0 atom stereocenters. The first-order valence-electron chi connectivity index (χ1n) is 3.69. The third-order valence-electron chi connectivity index (χ3n) is 1.51. The van der Waals surface area contributed by atoms with Gasteiger partial charge in [0.1, 0.15) is 5.76 Å². The third kappa shape index (κ3) is 3.14. The van der Waals surface area contributed by atoms with E-state index in [0.717, 1.165) is 5.70 Å². The largest absolute Gasteiger partial charge is 0.508 e. The lowest BCUT2D eigenvalue weighted by atomic mass is 10.2. The molecule has 0 aliphatic carbocycles. The van der Waals surface area contributed by atoms with E-state index in [1.807, 2.05) is 0 Å². The number of aliphatic hydroxyl groups is 1. The van der Waals surface area contributed by atoms with Crippen LogP contribution >= 0.6 is 0 Å². The van der Waals surface area contributed by atoms with Crippen molar-refractivity contribution in [2.75, 3.05) is 7.05 Å². The van der Waals surface area contributed by atoms with Crippen LogP contribution in [0.3, 0.4) is 0 Å². The zero-order valence-electron chi connectivity index (χ0n) is 7.81. The summed E-state index contributed by atoms with van der Waals surface area (Å²) in [4.78, 5) is 0. The highest BCUT2D eigenvalue weighted by atomic mass is 16.3. The molecule has 0 aromatic rings. The van der Waals surface area contributed by atoms with E-state index in [1.54, 1.807) is 27.0 Å². The minimum absolute atomic E-state index is 0.0593. The molecule has 3 heteroatoms. The summed E-state index contributed by atoms with van der Waals surface area (Å²) >= 11 is 0. The van der Waals surface area contributed by atoms with E-state index < -0.39 is 0 Å². The minimum atomic E-state index is 0.0593. The Morgan fingerprint density at radius 2 is 2.00 bits per heavy atom. The standard InChI is InChI=1S/C9H16N2O/c1-6(8(3)12)5-9(11-4)7(2)10/h5,11-12H,3,10H2,1-2,4H3/b6-5-,9-7+. The van der Waals surface area contributed by atoms with Gasteiger partial charge in [-0.3, -0.25) is 0 Å². The SMILES string of the molecule is C=C(O)/C(C)=C\C(NC)=C(\C)N. The van der Waals surface area contributed by atoms with Crippen LogP contribution in [0.5, 0.6) is 0 Å². The van der Waals surface area contributed by atoms with E-state index in [1.165, 1.54) is 0 Å². The van der Waals surface area contributed by atoms with Gasteiger partial charge in [0.25, 0.3) is 0 Å². The van der Waals surface area contributed by atoms with E-state index in [9.17, 15) is 0 Å². The summed E-state index contributed by atoms with van der Waals surface area (Å²) in [6, 6.07) is 0. The molecule has 0 radical (unpaired) electrons. The zero-order valence-corrected chi connectivity index (χ0v) is 7.81. The molecule has 0 unspecified atom stereocenters. The molecule has 0 saturated heterocycles. The van der Waals surface area contributed by atoms with E-state index in [0.29, 0.717) is 11.3 Å². The second-order valence-electron chi connectivity index (χ2n) is 2.62. The van der Waals surface area contributed by atoms with Crippen molar-refractivity contribution in [3.8, 4) is 0 Å². The van der Waals surface area contributed by atoms with Crippen LogP contribution in [0.25, 0.3) is 0 Å². The molecule has 0 fully saturated rings. The van der Waals surface area contributed by atoms with E-state index in [4.69, 9.17) is 10.8 Å². The van der Waals surface area contributed by atoms with Gasteiger partial charge in [-0.05, 0) is 25.5 Å². The van der Waals surface area contributed by atoms with Gasteiger partial charge in [-0.1, -0.05) is 6.58 Å². The van der Waals surface area contributed by atoms with Crippen molar-refractivity contribution in [2.45, 2.75) is 13.8 Å². The van der Waals surface area contributed by atoms with Crippen LogP contribution in [0.4, 0.5) is 0 Å². The van der Waals surface area contributed by atoms with Crippen molar-refractivity contribution >= 4 is 0 Å². The maximum atomic E-state index is 8.99. The van der Waals surface area contributed by atoms with Gasteiger partial charge in [0.2, 0.25) is 0 Å². The second kappa shape index (κ2) is 4.49. The van der Waals surface area contributed by atoms with E-state index in [-0.39, 0.29) is 5.76 Å². The molecule has 0 spiro atoms. The fraction of sp³-hybridized carbons (Fsp3) is 0.333. The molecule has 0 rings (SSSR count). The Kier molecular flexibility index (Phi) is 3.97. The molecule has 68 valence electrons. The summed E-state index contributed by atoms with van der Waals surface area (Å²) in [6.45, 7) is 6.95. The molecule has 0 aliphatic rings. The topological polar surface area (TPSA) is 58.3 Å². The van der Waals surface area contributed by atoms with Gasteiger partial charge in [0, 0.05) is 12.7 Å². The molecule has 0 amide bonds. The molecular formula is C9H16N2O. The van der Waals surface area contributed by atoms with Crippen LogP contribution < -0.4 is 11.1 Å². The van der Waals surface area contributed by atoms with Crippen molar-refractivity contribution < 1.29 is 5.11 Å². The second-order valence-corrected chi connectivity index (χ2v) is 2.62. The van der Waals surface area contributed by atoms with Crippen molar-refractivity contribution in [3.05, 3.63) is 35.4 Å². The first-order valence-corrected chi connectivity index (χ1v) is 3.69. The minimum Gasteiger partial charge on any atom is -0.508 e. The Balaban J connectivity index is 4.72. The molecule has 4 N–H and O–H groups in total. The lowest BCUT2D eigenvalue weighted by Crippen LogP contribution is -2.10. The predicted octanol–water partition coefficient (Wildman–Crippen LogP) is 1.41. The van der Waals surface area contributed by atoms with Crippen LogP contribution in [0.2, 0.25) is 0 Å². The Morgan fingerprint density at radius 3 is 2.25 bits per heavy atom. The summed E-state index contributed by atoms with van der Waals surface area (Å²) in [5, 5.41) is 11.9. The van der Waals surface area contributed by atoms with Gasteiger partial charge in [-0.25, -0.2) is 0 Å². The van der Waals surface area contributed by atoms with E-state index >= 15 is 0 Å². The lowest BCUT2D eigenvalue weighted by molar-refractivity contribution is 0.426. The number of likely N-dealkylation sites (N-methyl/N-ethyl adjacent to an activating group) is 1. The molecule has 0 saturated carbocycles. The van der Waals surface area contributed by atoms with Crippen molar-refractivity contribution in [3.63, 3.8) is 0 Å². The number of rotatable bonds is 3. The average molecular weight is 168 g/mol. The highest BCUT2D eigenvalue weighted by molar-refractivity contribution is 5.31. The summed E-state index contributed by atoms with van der Waals surface area (Å²) in [7, 11) is 1.77. The summed E-state index contributed by atoms with van der Waals surface area (Å²) in [5.74, 6) is 0.0593. The number of hydrogen-bond acceptors (Lipinski definition) is 3. The van der Waals surface area contributed by atoms with Gasteiger partial charge < -0.3 is 16.2 Å². The van der Waals surface area contributed by atoms with Crippen LogP contribution in [0, 0.1) is 0 Å². The number of nitrogens with two attached hydrogens (primary N) is 1. The van der Waals surface area contributed by atoms with Crippen LogP contribution in [-0.4, -0.2) is 12.2 Å². The van der Waals surface area contributed by atoms with Crippen molar-refractivity contribution in [2.24, 2.45) is 5.73 Å². The van der Waals surface area contributed by atoms with Gasteiger partial charge in [0.15, 0.2) is 0 Å². The Bertz CT molecular complexity index is 235. The van der Waals surface area contributed by atoms with Gasteiger partial charge in [-0.15, -0.1) is 0 Å². The zero-order chi connectivity index (χ0) is 9.72. The number of nitrogens with one attached hydrogen (secondary N) is 1. The number of allylic oxidation sites excluding steroid dienone is 3. The Morgan fingerprint density at radius 1 is 1.50 bits per heavy atom. The first-order chi connectivity index (χ1) is 5.49. The number of aliphatic hydroxyl groups excluding tert-OH is 1. The molecule has 0 aromatic heterocycles.